The highest BCUT2D eigenvalue weighted by Crippen LogP contribution is 2.26. The Hall–Kier alpha value is -4.64. The summed E-state index contributed by atoms with van der Waals surface area (Å²) >= 11 is 0. The molecule has 4 aromatic carbocycles. The molecule has 0 radical (unpaired) electrons. The van der Waals surface area contributed by atoms with Gasteiger partial charge in [0.2, 0.25) is 0 Å². The van der Waals surface area contributed by atoms with E-state index in [0.717, 1.165) is 47.3 Å². The van der Waals surface area contributed by atoms with Crippen molar-refractivity contribution in [3.05, 3.63) is 142 Å². The van der Waals surface area contributed by atoms with Gasteiger partial charge >= 0.3 is 11.9 Å². The first kappa shape index (κ1) is 30.3. The zero-order valence-corrected chi connectivity index (χ0v) is 24.4. The highest BCUT2D eigenvalue weighted by Gasteiger charge is 2.13. The fourth-order valence-corrected chi connectivity index (χ4v) is 4.77. The number of hydrogen-bond acceptors (Lipinski definition) is 3. The van der Waals surface area contributed by atoms with Gasteiger partial charge in [0.05, 0.1) is 11.1 Å². The van der Waals surface area contributed by atoms with Crippen molar-refractivity contribution in [3.8, 4) is 5.75 Å². The second-order valence-electron chi connectivity index (χ2n) is 11.6. The molecular weight excluding hydrogens is 524 g/mol. The van der Waals surface area contributed by atoms with E-state index in [2.05, 4.69) is 57.2 Å². The van der Waals surface area contributed by atoms with Crippen LogP contribution in [0.25, 0.3) is 6.08 Å². The summed E-state index contributed by atoms with van der Waals surface area (Å²) in [6.45, 7) is 7.08. The molecule has 0 aliphatic carbocycles. The molecule has 0 fully saturated rings. The topological polar surface area (TPSA) is 83.8 Å². The van der Waals surface area contributed by atoms with Gasteiger partial charge in [0.1, 0.15) is 12.4 Å². The maximum absolute atomic E-state index is 11.3. The molecule has 0 bridgehead atoms. The lowest BCUT2D eigenvalue weighted by molar-refractivity contribution is 0.0686. The molecule has 2 N–H and O–H groups in total. The van der Waals surface area contributed by atoms with Crippen molar-refractivity contribution >= 4 is 18.0 Å². The van der Waals surface area contributed by atoms with Crippen molar-refractivity contribution in [3.63, 3.8) is 0 Å². The Labute approximate surface area is 248 Å². The van der Waals surface area contributed by atoms with Crippen LogP contribution in [0.1, 0.15) is 75.7 Å². The van der Waals surface area contributed by atoms with Crippen LogP contribution in [0.5, 0.6) is 5.75 Å². The van der Waals surface area contributed by atoms with Gasteiger partial charge in [-0.25, -0.2) is 9.59 Å². The van der Waals surface area contributed by atoms with Crippen LogP contribution in [-0.4, -0.2) is 22.2 Å². The number of para-hydroxylation sites is 1. The molecule has 1 unspecified atom stereocenters. The Balaban J connectivity index is 1.49. The Morgan fingerprint density at radius 3 is 1.86 bits per heavy atom. The number of carbonyl (C=O) groups is 2. The third-order valence-electron chi connectivity index (χ3n) is 7.38. The molecule has 0 saturated heterocycles. The molecule has 4 aromatic rings. The van der Waals surface area contributed by atoms with Crippen LogP contribution in [0.3, 0.4) is 0 Å². The zero-order chi connectivity index (χ0) is 30.1. The maximum Gasteiger partial charge on any atom is 0.335 e. The summed E-state index contributed by atoms with van der Waals surface area (Å²) in [4.78, 5) is 22.5. The summed E-state index contributed by atoms with van der Waals surface area (Å²) in [5, 5.41) is 18.5. The Bertz CT molecular complexity index is 1510. The summed E-state index contributed by atoms with van der Waals surface area (Å²) in [6, 6.07) is 30.6. The molecule has 0 aliphatic rings. The van der Waals surface area contributed by atoms with E-state index in [1.54, 1.807) is 24.3 Å². The van der Waals surface area contributed by atoms with Crippen LogP contribution < -0.4 is 4.74 Å². The van der Waals surface area contributed by atoms with Crippen LogP contribution in [0.4, 0.5) is 0 Å². The number of benzene rings is 4. The minimum absolute atomic E-state index is 0.105. The first-order valence-corrected chi connectivity index (χ1v) is 14.2. The first-order chi connectivity index (χ1) is 20.1. The highest BCUT2D eigenvalue weighted by molar-refractivity contribution is 5.88. The van der Waals surface area contributed by atoms with E-state index in [0.29, 0.717) is 6.61 Å². The standard InChI is InChI=1S/C37H38O5/c1-37(2,3)33-22-15-29(16-23-33)25-42-34-7-5-4-6-30(34)17-12-27(24-28-13-20-32(21-14-28)36(40)41)9-8-26-10-18-31(19-11-26)35(38)39/h4-7,10-23,27H,8-9,24-25H2,1-3H3,(H,38,39)(H,40,41). The Morgan fingerprint density at radius 2 is 1.29 bits per heavy atom. The molecule has 0 spiro atoms. The van der Waals surface area contributed by atoms with E-state index in [9.17, 15) is 19.8 Å². The van der Waals surface area contributed by atoms with Gasteiger partial charge in [-0.2, -0.15) is 0 Å². The predicted molar refractivity (Wildman–Crippen MR) is 167 cm³/mol. The monoisotopic (exact) mass is 562 g/mol. The Kier molecular flexibility index (Phi) is 9.98. The van der Waals surface area contributed by atoms with Gasteiger partial charge in [0.15, 0.2) is 0 Å². The van der Waals surface area contributed by atoms with Crippen LogP contribution >= 0.6 is 0 Å². The average molecular weight is 563 g/mol. The number of aryl methyl sites for hydroxylation is 1. The van der Waals surface area contributed by atoms with Crippen LogP contribution in [0.2, 0.25) is 0 Å². The quantitative estimate of drug-likeness (QED) is 0.181. The lowest BCUT2D eigenvalue weighted by Crippen LogP contribution is -2.10. The molecule has 0 heterocycles. The smallest absolute Gasteiger partial charge is 0.335 e. The highest BCUT2D eigenvalue weighted by atomic mass is 16.5. The lowest BCUT2D eigenvalue weighted by Gasteiger charge is -2.19. The molecule has 5 nitrogen and oxygen atoms in total. The second kappa shape index (κ2) is 13.8. The normalized spacial score (nSPS) is 12.3. The molecule has 1 atom stereocenters. The summed E-state index contributed by atoms with van der Waals surface area (Å²) in [5.41, 5.74) is 6.15. The van der Waals surface area contributed by atoms with Gasteiger partial charge in [-0.1, -0.05) is 99.7 Å². The second-order valence-corrected chi connectivity index (χ2v) is 11.6. The van der Waals surface area contributed by atoms with Crippen LogP contribution in [-0.2, 0) is 24.9 Å². The number of ether oxygens (including phenoxy) is 1. The Morgan fingerprint density at radius 1 is 0.738 bits per heavy atom. The van der Waals surface area contributed by atoms with E-state index in [1.165, 1.54) is 5.56 Å². The third-order valence-corrected chi connectivity index (χ3v) is 7.38. The van der Waals surface area contributed by atoms with Crippen molar-refractivity contribution < 1.29 is 24.5 Å². The molecule has 216 valence electrons. The van der Waals surface area contributed by atoms with Gasteiger partial charge in [-0.05, 0) is 83.2 Å². The molecule has 5 heteroatoms. The predicted octanol–water partition coefficient (Wildman–Crippen LogP) is 8.46. The van der Waals surface area contributed by atoms with Crippen LogP contribution in [0.15, 0.2) is 103 Å². The third kappa shape index (κ3) is 8.68. The summed E-state index contributed by atoms with van der Waals surface area (Å²) in [5.74, 6) is -0.903. The molecule has 0 saturated carbocycles. The number of rotatable bonds is 12. The van der Waals surface area contributed by atoms with Crippen LogP contribution in [0, 0.1) is 5.92 Å². The maximum atomic E-state index is 11.3. The first-order valence-electron chi connectivity index (χ1n) is 14.2. The largest absolute Gasteiger partial charge is 0.488 e. The minimum atomic E-state index is -0.940. The van der Waals surface area contributed by atoms with Crippen molar-refractivity contribution in [1.82, 2.24) is 0 Å². The fraction of sp³-hybridized carbons (Fsp3) is 0.243. The van der Waals surface area contributed by atoms with E-state index in [4.69, 9.17) is 4.74 Å². The van der Waals surface area contributed by atoms with Gasteiger partial charge in [-0.15, -0.1) is 0 Å². The molecule has 0 aromatic heterocycles. The van der Waals surface area contributed by atoms with Gasteiger partial charge in [0.25, 0.3) is 0 Å². The number of hydrogen-bond donors (Lipinski definition) is 2. The van der Waals surface area contributed by atoms with Gasteiger partial charge in [-0.3, -0.25) is 0 Å². The molecular formula is C37H38O5. The zero-order valence-electron chi connectivity index (χ0n) is 24.4. The number of carboxylic acids is 2. The van der Waals surface area contributed by atoms with Crippen molar-refractivity contribution in [2.24, 2.45) is 5.92 Å². The van der Waals surface area contributed by atoms with E-state index < -0.39 is 11.9 Å². The molecule has 42 heavy (non-hydrogen) atoms. The number of allylic oxidation sites excluding steroid dienone is 1. The van der Waals surface area contributed by atoms with Gasteiger partial charge in [0, 0.05) is 5.56 Å². The lowest BCUT2D eigenvalue weighted by atomic mass is 9.87. The van der Waals surface area contributed by atoms with E-state index in [1.807, 2.05) is 48.5 Å². The molecule has 0 amide bonds. The summed E-state index contributed by atoms with van der Waals surface area (Å²) in [6.07, 6.45) is 6.66. The molecule has 0 aliphatic heterocycles. The van der Waals surface area contributed by atoms with Crippen molar-refractivity contribution in [2.45, 2.75) is 52.1 Å². The number of aromatic carboxylic acids is 2. The van der Waals surface area contributed by atoms with Crippen molar-refractivity contribution in [2.75, 3.05) is 0 Å². The summed E-state index contributed by atoms with van der Waals surface area (Å²) < 4.78 is 6.24. The van der Waals surface area contributed by atoms with Crippen molar-refractivity contribution in [1.29, 1.82) is 0 Å². The number of carboxylic acid groups (broad SMARTS) is 2. The SMILES string of the molecule is CC(C)(C)c1ccc(COc2ccccc2C=CC(CCc2ccc(C(=O)O)cc2)Cc2ccc(C(=O)O)cc2)cc1. The van der Waals surface area contributed by atoms with Gasteiger partial charge < -0.3 is 14.9 Å². The molecule has 4 rings (SSSR count). The summed E-state index contributed by atoms with van der Waals surface area (Å²) in [7, 11) is 0. The fourth-order valence-electron chi connectivity index (χ4n) is 4.77. The van der Waals surface area contributed by atoms with E-state index >= 15 is 0 Å². The minimum Gasteiger partial charge on any atom is -0.488 e. The average Bonchev–Trinajstić information content (AvgIpc) is 2.98. The van der Waals surface area contributed by atoms with E-state index in [-0.39, 0.29) is 22.5 Å².